The molecule has 0 aliphatic carbocycles. The van der Waals surface area contributed by atoms with Gasteiger partial charge in [-0.3, -0.25) is 19.6 Å². The molecule has 23 heavy (non-hydrogen) atoms. The van der Waals surface area contributed by atoms with E-state index in [-0.39, 0.29) is 0 Å². The van der Waals surface area contributed by atoms with Gasteiger partial charge in [0.05, 0.1) is 11.2 Å². The number of nitrogens with zero attached hydrogens (tertiary/aromatic N) is 3. The van der Waals surface area contributed by atoms with Gasteiger partial charge in [0.15, 0.2) is 0 Å². The molecular weight excluding hydrogens is 288 g/mol. The van der Waals surface area contributed by atoms with E-state index in [1.54, 1.807) is 12.1 Å². The lowest BCUT2D eigenvalue weighted by molar-refractivity contribution is 0.100. The fourth-order valence-electron chi connectivity index (χ4n) is 3.08. The summed E-state index contributed by atoms with van der Waals surface area (Å²) >= 11 is 0. The van der Waals surface area contributed by atoms with Crippen molar-refractivity contribution in [2.24, 2.45) is 5.73 Å². The molecule has 1 fully saturated rings. The van der Waals surface area contributed by atoms with Crippen LogP contribution in [0.5, 0.6) is 0 Å². The third-order valence-corrected chi connectivity index (χ3v) is 4.55. The van der Waals surface area contributed by atoms with Gasteiger partial charge in [-0.2, -0.15) is 0 Å². The van der Waals surface area contributed by atoms with Crippen LogP contribution in [-0.4, -0.2) is 52.9 Å². The van der Waals surface area contributed by atoms with Crippen molar-refractivity contribution in [2.45, 2.75) is 26.4 Å². The second-order valence-electron chi connectivity index (χ2n) is 6.48. The van der Waals surface area contributed by atoms with Crippen LogP contribution >= 0.6 is 0 Å². The normalized spacial score (nSPS) is 17.0. The predicted octanol–water partition coefficient (Wildman–Crippen LogP) is 1.86. The molecule has 1 saturated heterocycles. The Kier molecular flexibility index (Phi) is 4.59. The first-order valence-electron chi connectivity index (χ1n) is 8.19. The van der Waals surface area contributed by atoms with Crippen molar-refractivity contribution in [1.82, 2.24) is 14.8 Å². The van der Waals surface area contributed by atoms with Crippen molar-refractivity contribution in [1.29, 1.82) is 0 Å². The highest BCUT2D eigenvalue weighted by atomic mass is 16.1. The number of aromatic nitrogens is 1. The summed E-state index contributed by atoms with van der Waals surface area (Å²) in [6.07, 6.45) is 0. The van der Waals surface area contributed by atoms with Crippen LogP contribution in [0.2, 0.25) is 0 Å². The molecule has 2 heterocycles. The van der Waals surface area contributed by atoms with E-state index >= 15 is 0 Å². The number of fused-ring (bicyclic) bond motifs is 1. The van der Waals surface area contributed by atoms with Crippen molar-refractivity contribution in [3.63, 3.8) is 0 Å². The molecule has 0 saturated carbocycles. The van der Waals surface area contributed by atoms with Crippen LogP contribution in [0.3, 0.4) is 0 Å². The average Bonchev–Trinajstić information content (AvgIpc) is 2.54. The summed E-state index contributed by atoms with van der Waals surface area (Å²) in [5.41, 5.74) is 7.83. The Morgan fingerprint density at radius 1 is 1.17 bits per heavy atom. The lowest BCUT2D eigenvalue weighted by atomic mass is 10.1. The van der Waals surface area contributed by atoms with Crippen molar-refractivity contribution in [2.75, 3.05) is 26.2 Å². The Morgan fingerprint density at radius 2 is 1.91 bits per heavy atom. The molecule has 1 aliphatic heterocycles. The standard InChI is InChI=1S/C18H24N4O/c1-13(2)22-9-7-21(8-10-22)12-16-5-3-14-11-15(18(19)23)4-6-17(14)20-16/h3-6,11,13H,7-10,12H2,1-2H3,(H2,19,23). The van der Waals surface area contributed by atoms with Gasteiger partial charge in [0.1, 0.15) is 0 Å². The van der Waals surface area contributed by atoms with Crippen molar-refractivity contribution in [3.8, 4) is 0 Å². The summed E-state index contributed by atoms with van der Waals surface area (Å²) in [7, 11) is 0. The summed E-state index contributed by atoms with van der Waals surface area (Å²) in [5.74, 6) is -0.404. The van der Waals surface area contributed by atoms with Gasteiger partial charge in [-0.1, -0.05) is 6.07 Å². The quantitative estimate of drug-likeness (QED) is 0.936. The minimum absolute atomic E-state index is 0.404. The summed E-state index contributed by atoms with van der Waals surface area (Å²) < 4.78 is 0. The molecular formula is C18H24N4O. The number of benzene rings is 1. The van der Waals surface area contributed by atoms with Gasteiger partial charge < -0.3 is 5.73 Å². The minimum Gasteiger partial charge on any atom is -0.366 e. The molecule has 1 aliphatic rings. The number of hydrogen-bond donors (Lipinski definition) is 1. The Balaban J connectivity index is 1.69. The summed E-state index contributed by atoms with van der Waals surface area (Å²) in [6.45, 7) is 9.78. The third-order valence-electron chi connectivity index (χ3n) is 4.55. The lowest BCUT2D eigenvalue weighted by Crippen LogP contribution is -2.48. The largest absolute Gasteiger partial charge is 0.366 e. The van der Waals surface area contributed by atoms with Gasteiger partial charge in [-0.15, -0.1) is 0 Å². The van der Waals surface area contributed by atoms with Gasteiger partial charge >= 0.3 is 0 Å². The molecule has 0 unspecified atom stereocenters. The Labute approximate surface area is 137 Å². The highest BCUT2D eigenvalue weighted by molar-refractivity contribution is 5.96. The van der Waals surface area contributed by atoms with Crippen LogP contribution in [0.1, 0.15) is 29.9 Å². The monoisotopic (exact) mass is 312 g/mol. The number of carbonyl (C=O) groups excluding carboxylic acids is 1. The zero-order chi connectivity index (χ0) is 16.4. The molecule has 0 radical (unpaired) electrons. The molecule has 0 bridgehead atoms. The van der Waals surface area contributed by atoms with Crippen LogP contribution in [0.15, 0.2) is 30.3 Å². The van der Waals surface area contributed by atoms with Crippen LogP contribution < -0.4 is 5.73 Å². The SMILES string of the molecule is CC(C)N1CCN(Cc2ccc3cc(C(N)=O)ccc3n2)CC1. The van der Waals surface area contributed by atoms with Gasteiger partial charge in [0, 0.05) is 49.7 Å². The lowest BCUT2D eigenvalue weighted by Gasteiger charge is -2.36. The molecule has 1 aromatic heterocycles. The number of nitrogens with two attached hydrogens (primary N) is 1. The van der Waals surface area contributed by atoms with E-state index in [4.69, 9.17) is 10.7 Å². The first-order chi connectivity index (χ1) is 11.0. The summed E-state index contributed by atoms with van der Waals surface area (Å²) in [4.78, 5) is 20.9. The van der Waals surface area contributed by atoms with Crippen LogP contribution in [-0.2, 0) is 6.54 Å². The number of piperazine rings is 1. The van der Waals surface area contributed by atoms with Gasteiger partial charge in [-0.25, -0.2) is 0 Å². The number of primary amides is 1. The highest BCUT2D eigenvalue weighted by Gasteiger charge is 2.19. The number of hydrogen-bond acceptors (Lipinski definition) is 4. The van der Waals surface area contributed by atoms with Crippen LogP contribution in [0, 0.1) is 0 Å². The molecule has 3 rings (SSSR count). The van der Waals surface area contributed by atoms with Crippen LogP contribution in [0.25, 0.3) is 10.9 Å². The maximum absolute atomic E-state index is 11.2. The molecule has 5 nitrogen and oxygen atoms in total. The second kappa shape index (κ2) is 6.64. The van der Waals surface area contributed by atoms with Crippen molar-refractivity contribution in [3.05, 3.63) is 41.6 Å². The van der Waals surface area contributed by atoms with E-state index in [2.05, 4.69) is 23.6 Å². The Bertz CT molecular complexity index is 705. The molecule has 5 heteroatoms. The van der Waals surface area contributed by atoms with E-state index < -0.39 is 5.91 Å². The average molecular weight is 312 g/mol. The van der Waals surface area contributed by atoms with E-state index in [9.17, 15) is 4.79 Å². The molecule has 1 amide bonds. The van der Waals surface area contributed by atoms with E-state index in [0.29, 0.717) is 11.6 Å². The maximum Gasteiger partial charge on any atom is 0.248 e. The molecule has 0 spiro atoms. The van der Waals surface area contributed by atoms with Gasteiger partial charge in [0.25, 0.3) is 0 Å². The van der Waals surface area contributed by atoms with E-state index in [0.717, 1.165) is 49.3 Å². The zero-order valence-corrected chi connectivity index (χ0v) is 13.8. The topological polar surface area (TPSA) is 62.5 Å². The maximum atomic E-state index is 11.2. The molecule has 0 atom stereocenters. The van der Waals surface area contributed by atoms with E-state index in [1.807, 2.05) is 18.2 Å². The number of amides is 1. The summed E-state index contributed by atoms with van der Waals surface area (Å²) in [5, 5.41) is 0.953. The van der Waals surface area contributed by atoms with E-state index in [1.165, 1.54) is 0 Å². The fraction of sp³-hybridized carbons (Fsp3) is 0.444. The molecule has 1 aromatic carbocycles. The molecule has 2 aromatic rings. The second-order valence-corrected chi connectivity index (χ2v) is 6.48. The minimum atomic E-state index is -0.404. The third kappa shape index (κ3) is 3.68. The number of carbonyl (C=O) groups is 1. The smallest absolute Gasteiger partial charge is 0.248 e. The zero-order valence-electron chi connectivity index (χ0n) is 13.8. The van der Waals surface area contributed by atoms with Crippen molar-refractivity contribution < 1.29 is 4.79 Å². The predicted molar refractivity (Wildman–Crippen MR) is 92.2 cm³/mol. The first-order valence-corrected chi connectivity index (χ1v) is 8.19. The fourth-order valence-corrected chi connectivity index (χ4v) is 3.08. The summed E-state index contributed by atoms with van der Waals surface area (Å²) in [6, 6.07) is 10.1. The number of rotatable bonds is 4. The van der Waals surface area contributed by atoms with Gasteiger partial charge in [0.2, 0.25) is 5.91 Å². The Hall–Kier alpha value is -1.98. The highest BCUT2D eigenvalue weighted by Crippen LogP contribution is 2.16. The number of pyridine rings is 1. The Morgan fingerprint density at radius 3 is 2.57 bits per heavy atom. The first kappa shape index (κ1) is 15.9. The van der Waals surface area contributed by atoms with Crippen molar-refractivity contribution >= 4 is 16.8 Å². The van der Waals surface area contributed by atoms with Gasteiger partial charge in [-0.05, 0) is 38.1 Å². The molecule has 122 valence electrons. The molecule has 2 N–H and O–H groups in total. The van der Waals surface area contributed by atoms with Crippen LogP contribution in [0.4, 0.5) is 0 Å².